The third-order valence-corrected chi connectivity index (χ3v) is 3.89. The summed E-state index contributed by atoms with van der Waals surface area (Å²) >= 11 is 0. The monoisotopic (exact) mass is 340 g/mol. The smallest absolute Gasteiger partial charge is 0.238 e. The van der Waals surface area contributed by atoms with Crippen LogP contribution in [0.4, 0.5) is 14.5 Å². The number of hydrogen-bond donors (Lipinski definition) is 3. The van der Waals surface area contributed by atoms with Crippen LogP contribution in [-0.2, 0) is 9.59 Å². The van der Waals surface area contributed by atoms with Crippen LogP contribution in [0.15, 0.2) is 18.2 Å². The zero-order chi connectivity index (χ0) is 17.5. The molecule has 2 rings (SSSR count). The summed E-state index contributed by atoms with van der Waals surface area (Å²) in [5.41, 5.74) is 5.30. The summed E-state index contributed by atoms with van der Waals surface area (Å²) in [6, 6.07) is 2.98. The molecular weight excluding hydrogens is 318 g/mol. The zero-order valence-electron chi connectivity index (χ0n) is 13.4. The fourth-order valence-electron chi connectivity index (χ4n) is 2.74. The summed E-state index contributed by atoms with van der Waals surface area (Å²) < 4.78 is 26.4. The molecule has 1 saturated heterocycles. The van der Waals surface area contributed by atoms with Crippen molar-refractivity contribution in [3.8, 4) is 0 Å². The Balaban J connectivity index is 1.85. The third-order valence-electron chi connectivity index (χ3n) is 3.89. The van der Waals surface area contributed by atoms with Gasteiger partial charge in [-0.2, -0.15) is 0 Å². The highest BCUT2D eigenvalue weighted by Crippen LogP contribution is 2.18. The molecule has 1 unspecified atom stereocenters. The second-order valence-electron chi connectivity index (χ2n) is 5.83. The van der Waals surface area contributed by atoms with E-state index < -0.39 is 17.5 Å². The molecule has 0 bridgehead atoms. The zero-order valence-corrected chi connectivity index (χ0v) is 13.4. The Bertz CT molecular complexity index is 597. The predicted molar refractivity (Wildman–Crippen MR) is 86.2 cm³/mol. The highest BCUT2D eigenvalue weighted by molar-refractivity contribution is 5.92. The number of piperidine rings is 1. The lowest BCUT2D eigenvalue weighted by molar-refractivity contribution is -0.127. The third kappa shape index (κ3) is 5.24. The summed E-state index contributed by atoms with van der Waals surface area (Å²) in [5.74, 6) is -2.16. The lowest BCUT2D eigenvalue weighted by atomic mass is 9.97. The van der Waals surface area contributed by atoms with Gasteiger partial charge in [-0.1, -0.05) is 0 Å². The van der Waals surface area contributed by atoms with Crippen LogP contribution in [0, 0.1) is 17.6 Å². The Labute approximate surface area is 139 Å². The number of anilines is 1. The molecule has 132 valence electrons. The van der Waals surface area contributed by atoms with E-state index >= 15 is 0 Å². The van der Waals surface area contributed by atoms with Gasteiger partial charge in [-0.05, 0) is 31.5 Å². The highest BCUT2D eigenvalue weighted by Gasteiger charge is 2.26. The van der Waals surface area contributed by atoms with Crippen molar-refractivity contribution in [1.29, 1.82) is 0 Å². The first-order valence-electron chi connectivity index (χ1n) is 7.94. The molecule has 6 nitrogen and oxygen atoms in total. The molecule has 0 radical (unpaired) electrons. The minimum absolute atomic E-state index is 0.0531. The van der Waals surface area contributed by atoms with E-state index in [1.165, 1.54) is 6.07 Å². The van der Waals surface area contributed by atoms with Gasteiger partial charge in [0.05, 0.1) is 18.2 Å². The van der Waals surface area contributed by atoms with E-state index in [-0.39, 0.29) is 24.1 Å². The first-order valence-corrected chi connectivity index (χ1v) is 7.94. The number of likely N-dealkylation sites (tertiary alicyclic amines) is 1. The Morgan fingerprint density at radius 1 is 1.33 bits per heavy atom. The molecule has 4 N–H and O–H groups in total. The molecule has 8 heteroatoms. The minimum atomic E-state index is -0.818. The molecule has 1 atom stereocenters. The van der Waals surface area contributed by atoms with E-state index in [4.69, 9.17) is 5.73 Å². The lowest BCUT2D eigenvalue weighted by Crippen LogP contribution is -2.46. The first kappa shape index (κ1) is 18.3. The SMILES string of the molecule is NCCNC(=O)C1CCCN(CC(=O)Nc2ccc(F)cc2F)C1. The van der Waals surface area contributed by atoms with Crippen molar-refractivity contribution >= 4 is 17.5 Å². The lowest BCUT2D eigenvalue weighted by Gasteiger charge is -2.31. The van der Waals surface area contributed by atoms with Crippen molar-refractivity contribution in [1.82, 2.24) is 10.2 Å². The van der Waals surface area contributed by atoms with E-state index in [1.807, 2.05) is 4.90 Å². The molecule has 24 heavy (non-hydrogen) atoms. The fraction of sp³-hybridized carbons (Fsp3) is 0.500. The second-order valence-corrected chi connectivity index (χ2v) is 5.83. The van der Waals surface area contributed by atoms with Gasteiger partial charge >= 0.3 is 0 Å². The predicted octanol–water partition coefficient (Wildman–Crippen LogP) is 0.690. The molecule has 1 aromatic carbocycles. The summed E-state index contributed by atoms with van der Waals surface area (Å²) in [6.07, 6.45) is 1.57. The summed E-state index contributed by atoms with van der Waals surface area (Å²) in [5, 5.41) is 5.18. The molecule has 0 aromatic heterocycles. The molecule has 1 heterocycles. The van der Waals surface area contributed by atoms with Crippen LogP contribution in [0.3, 0.4) is 0 Å². The van der Waals surface area contributed by atoms with Crippen LogP contribution in [0.5, 0.6) is 0 Å². The van der Waals surface area contributed by atoms with Crippen LogP contribution >= 0.6 is 0 Å². The molecule has 0 saturated carbocycles. The number of halogens is 2. The number of rotatable bonds is 6. The van der Waals surface area contributed by atoms with Crippen LogP contribution in [0.1, 0.15) is 12.8 Å². The van der Waals surface area contributed by atoms with Crippen LogP contribution in [0.2, 0.25) is 0 Å². The molecule has 0 spiro atoms. The first-order chi connectivity index (χ1) is 11.5. The number of amides is 2. The maximum absolute atomic E-state index is 13.5. The van der Waals surface area contributed by atoms with Gasteiger partial charge in [0.1, 0.15) is 11.6 Å². The second kappa shape index (κ2) is 8.70. The number of nitrogens with one attached hydrogen (secondary N) is 2. The topological polar surface area (TPSA) is 87.5 Å². The average molecular weight is 340 g/mol. The van der Waals surface area contributed by atoms with Crippen molar-refractivity contribution in [3.05, 3.63) is 29.8 Å². The van der Waals surface area contributed by atoms with Crippen molar-refractivity contribution < 1.29 is 18.4 Å². The van der Waals surface area contributed by atoms with Crippen molar-refractivity contribution in [2.24, 2.45) is 11.7 Å². The van der Waals surface area contributed by atoms with Crippen LogP contribution in [-0.4, -0.2) is 49.4 Å². The number of carbonyl (C=O) groups is 2. The van der Waals surface area contributed by atoms with Gasteiger partial charge in [-0.25, -0.2) is 8.78 Å². The molecule has 0 aliphatic carbocycles. The molecule has 1 aliphatic heterocycles. The fourth-order valence-corrected chi connectivity index (χ4v) is 2.74. The largest absolute Gasteiger partial charge is 0.355 e. The Morgan fingerprint density at radius 2 is 2.12 bits per heavy atom. The number of nitrogens with zero attached hydrogens (tertiary/aromatic N) is 1. The van der Waals surface area contributed by atoms with Gasteiger partial charge in [0.25, 0.3) is 0 Å². The van der Waals surface area contributed by atoms with Crippen LogP contribution in [0.25, 0.3) is 0 Å². The minimum Gasteiger partial charge on any atom is -0.355 e. The van der Waals surface area contributed by atoms with Gasteiger partial charge in [0, 0.05) is 25.7 Å². The number of hydrogen-bond acceptors (Lipinski definition) is 4. The van der Waals surface area contributed by atoms with Crippen molar-refractivity contribution in [2.45, 2.75) is 12.8 Å². The van der Waals surface area contributed by atoms with Gasteiger partial charge in [0.2, 0.25) is 11.8 Å². The molecule has 1 fully saturated rings. The summed E-state index contributed by atoms with van der Waals surface area (Å²) in [4.78, 5) is 25.9. The average Bonchev–Trinajstić information content (AvgIpc) is 2.55. The molecule has 1 aliphatic rings. The number of carbonyl (C=O) groups excluding carboxylic acids is 2. The van der Waals surface area contributed by atoms with E-state index in [0.717, 1.165) is 18.9 Å². The van der Waals surface area contributed by atoms with Gasteiger partial charge in [0.15, 0.2) is 0 Å². The normalized spacial score (nSPS) is 18.2. The standard InChI is InChI=1S/C16H22F2N4O2/c17-12-3-4-14(13(18)8-12)21-15(23)10-22-7-1-2-11(9-22)16(24)20-6-5-19/h3-4,8,11H,1-2,5-7,9-10,19H2,(H,20,24)(H,21,23). The Kier molecular flexibility index (Phi) is 6.62. The van der Waals surface area contributed by atoms with Crippen molar-refractivity contribution in [2.75, 3.05) is 38.0 Å². The highest BCUT2D eigenvalue weighted by atomic mass is 19.1. The van der Waals surface area contributed by atoms with Gasteiger partial charge < -0.3 is 16.4 Å². The molecule has 1 aromatic rings. The van der Waals surface area contributed by atoms with Gasteiger partial charge in [-0.15, -0.1) is 0 Å². The molecule has 2 amide bonds. The molecular formula is C16H22F2N4O2. The van der Waals surface area contributed by atoms with Crippen LogP contribution < -0.4 is 16.4 Å². The van der Waals surface area contributed by atoms with E-state index in [9.17, 15) is 18.4 Å². The number of benzene rings is 1. The van der Waals surface area contributed by atoms with E-state index in [0.29, 0.717) is 32.2 Å². The van der Waals surface area contributed by atoms with E-state index in [2.05, 4.69) is 10.6 Å². The van der Waals surface area contributed by atoms with E-state index in [1.54, 1.807) is 0 Å². The summed E-state index contributed by atoms with van der Waals surface area (Å²) in [6.45, 7) is 2.03. The summed E-state index contributed by atoms with van der Waals surface area (Å²) in [7, 11) is 0. The number of nitrogens with two attached hydrogens (primary N) is 1. The van der Waals surface area contributed by atoms with Crippen molar-refractivity contribution in [3.63, 3.8) is 0 Å². The Hall–Kier alpha value is -2.06. The Morgan fingerprint density at radius 3 is 2.83 bits per heavy atom. The maximum Gasteiger partial charge on any atom is 0.238 e. The quantitative estimate of drug-likeness (QED) is 0.711. The van der Waals surface area contributed by atoms with Gasteiger partial charge in [-0.3, -0.25) is 14.5 Å². The maximum atomic E-state index is 13.5.